The molecule has 3 aromatic rings. The fourth-order valence-electron chi connectivity index (χ4n) is 3.05. The first-order valence-electron chi connectivity index (χ1n) is 9.59. The van der Waals surface area contributed by atoms with Crippen molar-refractivity contribution in [1.29, 1.82) is 0 Å². The van der Waals surface area contributed by atoms with Crippen molar-refractivity contribution in [3.8, 4) is 5.75 Å². The summed E-state index contributed by atoms with van der Waals surface area (Å²) in [7, 11) is 3.39. The summed E-state index contributed by atoms with van der Waals surface area (Å²) in [4.78, 5) is 25.3. The molecule has 0 atom stereocenters. The second kappa shape index (κ2) is 9.96. The third-order valence-electron chi connectivity index (χ3n) is 4.70. The molecule has 0 saturated carbocycles. The van der Waals surface area contributed by atoms with E-state index in [2.05, 4.69) is 20.1 Å². The highest BCUT2D eigenvalue weighted by Crippen LogP contribution is 2.29. The topological polar surface area (TPSA) is 91.9 Å². The molecule has 0 aliphatic carbocycles. The molecule has 160 valence electrons. The smallest absolute Gasteiger partial charge is 0.303 e. The number of aromatic nitrogens is 2. The van der Waals surface area contributed by atoms with Gasteiger partial charge in [0, 0.05) is 31.9 Å². The molecular formula is C22H22ClN5O3. The molecule has 9 heteroatoms. The number of benzene rings is 2. The molecule has 0 saturated heterocycles. The summed E-state index contributed by atoms with van der Waals surface area (Å²) in [5.41, 5.74) is 2.13. The van der Waals surface area contributed by atoms with E-state index in [1.807, 2.05) is 24.1 Å². The van der Waals surface area contributed by atoms with Gasteiger partial charge in [-0.3, -0.25) is 4.79 Å². The van der Waals surface area contributed by atoms with E-state index in [4.69, 9.17) is 28.0 Å². The molecule has 0 radical (unpaired) electrons. The Kier molecular flexibility index (Phi) is 7.11. The Hall–Kier alpha value is -3.57. The van der Waals surface area contributed by atoms with E-state index in [9.17, 15) is 4.79 Å². The molecule has 1 heterocycles. The summed E-state index contributed by atoms with van der Waals surface area (Å²) >= 11 is 6.22. The molecule has 0 unspecified atom stereocenters. The first kappa shape index (κ1) is 22.1. The van der Waals surface area contributed by atoms with Gasteiger partial charge in [-0.05, 0) is 36.2 Å². The molecule has 31 heavy (non-hydrogen) atoms. The predicted octanol–water partition coefficient (Wildman–Crippen LogP) is 4.76. The molecule has 3 rings (SSSR count). The van der Waals surface area contributed by atoms with Crippen LogP contribution in [0.5, 0.6) is 5.75 Å². The number of nitrogens with zero attached hydrogens (tertiary/aromatic N) is 4. The highest BCUT2D eigenvalue weighted by atomic mass is 35.5. The van der Waals surface area contributed by atoms with Crippen LogP contribution in [0.25, 0.3) is 15.7 Å². The van der Waals surface area contributed by atoms with Crippen LogP contribution >= 0.6 is 11.6 Å². The normalized spacial score (nSPS) is 10.5. The minimum absolute atomic E-state index is 0.0790. The molecule has 0 bridgehead atoms. The Morgan fingerprint density at radius 3 is 2.77 bits per heavy atom. The number of ether oxygens (including phenoxy) is 1. The van der Waals surface area contributed by atoms with Crippen LogP contribution in [0.3, 0.4) is 0 Å². The number of hydrogen-bond donors (Lipinski definition) is 2. The SMILES string of the molecule is [C-]#[N+]c1ccc2nc(N(C)CCCC(=O)O)nc(NCc3ccc(OC)c(Cl)c3)c2c1. The van der Waals surface area contributed by atoms with Crippen LogP contribution in [-0.4, -0.2) is 41.7 Å². The van der Waals surface area contributed by atoms with Gasteiger partial charge in [0.2, 0.25) is 5.95 Å². The molecule has 0 aliphatic heterocycles. The maximum atomic E-state index is 10.8. The lowest BCUT2D eigenvalue weighted by molar-refractivity contribution is -0.137. The van der Waals surface area contributed by atoms with E-state index >= 15 is 0 Å². The van der Waals surface area contributed by atoms with Crippen LogP contribution in [0.15, 0.2) is 36.4 Å². The summed E-state index contributed by atoms with van der Waals surface area (Å²) in [5, 5.41) is 13.4. The summed E-state index contributed by atoms with van der Waals surface area (Å²) in [6, 6.07) is 10.8. The second-order valence-electron chi connectivity index (χ2n) is 6.93. The van der Waals surface area contributed by atoms with Gasteiger partial charge in [-0.15, -0.1) is 0 Å². The van der Waals surface area contributed by atoms with Crippen molar-refractivity contribution in [3.63, 3.8) is 0 Å². The quantitative estimate of drug-likeness (QED) is 0.464. The molecular weight excluding hydrogens is 418 g/mol. The average Bonchev–Trinajstić information content (AvgIpc) is 2.76. The van der Waals surface area contributed by atoms with Crippen LogP contribution < -0.4 is 15.0 Å². The Bertz CT molecular complexity index is 1150. The van der Waals surface area contributed by atoms with E-state index in [0.717, 1.165) is 10.9 Å². The molecule has 2 aromatic carbocycles. The molecule has 0 fully saturated rings. The Balaban J connectivity index is 1.90. The zero-order valence-corrected chi connectivity index (χ0v) is 18.0. The van der Waals surface area contributed by atoms with Gasteiger partial charge in [0.1, 0.15) is 11.6 Å². The number of rotatable bonds is 9. The summed E-state index contributed by atoms with van der Waals surface area (Å²) in [6.07, 6.45) is 0.562. The summed E-state index contributed by atoms with van der Waals surface area (Å²) in [5.74, 6) is 0.830. The van der Waals surface area contributed by atoms with Crippen LogP contribution in [0, 0.1) is 6.57 Å². The van der Waals surface area contributed by atoms with Crippen molar-refractivity contribution in [3.05, 3.63) is 58.4 Å². The zero-order valence-electron chi connectivity index (χ0n) is 17.2. The zero-order chi connectivity index (χ0) is 22.4. The molecule has 0 aliphatic rings. The van der Waals surface area contributed by atoms with Crippen LogP contribution in [0.2, 0.25) is 5.02 Å². The largest absolute Gasteiger partial charge is 0.495 e. The van der Waals surface area contributed by atoms with Gasteiger partial charge in [-0.2, -0.15) is 4.98 Å². The van der Waals surface area contributed by atoms with Gasteiger partial charge < -0.3 is 20.1 Å². The molecule has 0 amide bonds. The number of fused-ring (bicyclic) bond motifs is 1. The lowest BCUT2D eigenvalue weighted by atomic mass is 10.2. The lowest BCUT2D eigenvalue weighted by Gasteiger charge is -2.19. The number of carbonyl (C=O) groups is 1. The number of aliphatic carboxylic acids is 1. The average molecular weight is 440 g/mol. The Morgan fingerprint density at radius 1 is 1.29 bits per heavy atom. The molecule has 2 N–H and O–H groups in total. The van der Waals surface area contributed by atoms with E-state index in [0.29, 0.717) is 53.3 Å². The summed E-state index contributed by atoms with van der Waals surface area (Å²) in [6.45, 7) is 8.25. The van der Waals surface area contributed by atoms with Crippen molar-refractivity contribution >= 4 is 45.9 Å². The van der Waals surface area contributed by atoms with Gasteiger partial charge in [-0.1, -0.05) is 23.7 Å². The molecule has 8 nitrogen and oxygen atoms in total. The molecule has 1 aromatic heterocycles. The van der Waals surface area contributed by atoms with Crippen LogP contribution in [-0.2, 0) is 11.3 Å². The number of methoxy groups -OCH3 is 1. The van der Waals surface area contributed by atoms with E-state index < -0.39 is 5.97 Å². The van der Waals surface area contributed by atoms with Crippen molar-refractivity contribution in [2.45, 2.75) is 19.4 Å². The number of carboxylic acid groups (broad SMARTS) is 1. The number of halogens is 1. The maximum absolute atomic E-state index is 10.8. The predicted molar refractivity (Wildman–Crippen MR) is 121 cm³/mol. The fourth-order valence-corrected chi connectivity index (χ4v) is 3.33. The first-order chi connectivity index (χ1) is 14.9. The number of hydrogen-bond acceptors (Lipinski definition) is 6. The van der Waals surface area contributed by atoms with Crippen molar-refractivity contribution in [2.24, 2.45) is 0 Å². The third kappa shape index (κ3) is 5.53. The van der Waals surface area contributed by atoms with E-state index in [1.54, 1.807) is 31.4 Å². The highest BCUT2D eigenvalue weighted by molar-refractivity contribution is 6.32. The third-order valence-corrected chi connectivity index (χ3v) is 4.99. The standard InChI is InChI=1S/C22H22ClN5O3/c1-24-15-7-8-18-16(12-15)21(25-13-14-6-9-19(31-3)17(23)11-14)27-22(26-18)28(2)10-4-5-20(29)30/h6-9,11-12H,4-5,10,13H2,2-3H3,(H,29,30)(H,25,26,27). The van der Waals surface area contributed by atoms with Gasteiger partial charge in [-0.25, -0.2) is 9.83 Å². The van der Waals surface area contributed by atoms with Crippen molar-refractivity contribution in [2.75, 3.05) is 30.9 Å². The number of nitrogens with one attached hydrogen (secondary N) is 1. The molecule has 0 spiro atoms. The first-order valence-corrected chi connectivity index (χ1v) is 9.97. The van der Waals surface area contributed by atoms with Gasteiger partial charge in [0.05, 0.1) is 24.2 Å². The second-order valence-corrected chi connectivity index (χ2v) is 7.33. The number of carboxylic acids is 1. The highest BCUT2D eigenvalue weighted by Gasteiger charge is 2.13. The van der Waals surface area contributed by atoms with Crippen LogP contribution in [0.4, 0.5) is 17.5 Å². The van der Waals surface area contributed by atoms with E-state index in [1.165, 1.54) is 0 Å². The van der Waals surface area contributed by atoms with Gasteiger partial charge in [0.25, 0.3) is 0 Å². The Morgan fingerprint density at radius 2 is 2.10 bits per heavy atom. The van der Waals surface area contributed by atoms with Crippen molar-refractivity contribution in [1.82, 2.24) is 9.97 Å². The van der Waals surface area contributed by atoms with Gasteiger partial charge >= 0.3 is 5.97 Å². The van der Waals surface area contributed by atoms with Crippen LogP contribution in [0.1, 0.15) is 18.4 Å². The lowest BCUT2D eigenvalue weighted by Crippen LogP contribution is -2.22. The minimum atomic E-state index is -0.833. The van der Waals surface area contributed by atoms with E-state index in [-0.39, 0.29) is 6.42 Å². The fraction of sp³-hybridized carbons (Fsp3) is 0.273. The number of anilines is 2. The monoisotopic (exact) mass is 439 g/mol. The maximum Gasteiger partial charge on any atom is 0.303 e. The minimum Gasteiger partial charge on any atom is -0.495 e. The summed E-state index contributed by atoms with van der Waals surface area (Å²) < 4.78 is 5.19. The van der Waals surface area contributed by atoms with Gasteiger partial charge in [0.15, 0.2) is 5.69 Å². The van der Waals surface area contributed by atoms with Crippen molar-refractivity contribution < 1.29 is 14.6 Å². The Labute approximate surface area is 185 Å².